The molecule has 0 spiro atoms. The highest BCUT2D eigenvalue weighted by Gasteiger charge is 2.25. The van der Waals surface area contributed by atoms with E-state index in [4.69, 9.17) is 34.8 Å². The molecule has 0 aromatic heterocycles. The van der Waals surface area contributed by atoms with Gasteiger partial charge in [0.2, 0.25) is 15.7 Å². The molecule has 0 unspecified atom stereocenters. The average Bonchev–Trinajstić information content (AvgIpc) is 2.71. The molecule has 162 valence electrons. The van der Waals surface area contributed by atoms with E-state index in [-0.39, 0.29) is 44.5 Å². The Bertz CT molecular complexity index is 1210. The highest BCUT2D eigenvalue weighted by molar-refractivity contribution is 7.91. The van der Waals surface area contributed by atoms with Gasteiger partial charge < -0.3 is 10.6 Å². The molecule has 0 bridgehead atoms. The number of nitrogens with one attached hydrogen (secondary N) is 2. The number of carbonyl (C=O) groups excluding carboxylic acids is 1. The third kappa shape index (κ3) is 5.71. The van der Waals surface area contributed by atoms with E-state index in [9.17, 15) is 13.2 Å². The van der Waals surface area contributed by atoms with Gasteiger partial charge in [-0.15, -0.1) is 0 Å². The second-order valence-electron chi connectivity index (χ2n) is 6.80. The van der Waals surface area contributed by atoms with Gasteiger partial charge in [-0.2, -0.15) is 0 Å². The minimum absolute atomic E-state index is 0.0351. The maximum atomic E-state index is 13.2. The summed E-state index contributed by atoms with van der Waals surface area (Å²) in [5, 5.41) is 6.33. The molecule has 31 heavy (non-hydrogen) atoms. The predicted octanol–water partition coefficient (Wildman–Crippen LogP) is 5.52. The van der Waals surface area contributed by atoms with Crippen molar-refractivity contribution in [3.63, 3.8) is 0 Å². The number of sulfone groups is 1. The van der Waals surface area contributed by atoms with Crippen LogP contribution >= 0.6 is 34.8 Å². The zero-order valence-corrected chi connectivity index (χ0v) is 19.5. The smallest absolute Gasteiger partial charge is 0.239 e. The summed E-state index contributed by atoms with van der Waals surface area (Å²) >= 11 is 18.4. The minimum Gasteiger partial charge on any atom is -0.375 e. The largest absolute Gasteiger partial charge is 0.375 e. The van der Waals surface area contributed by atoms with Crippen LogP contribution in [0.5, 0.6) is 0 Å². The lowest BCUT2D eigenvalue weighted by Gasteiger charge is -2.15. The summed E-state index contributed by atoms with van der Waals surface area (Å²) in [5.41, 5.74) is 1.84. The molecule has 0 aliphatic carbocycles. The SMILES string of the molecule is Cc1ccc(S(=O)(=O)c2c(Cl)cc(Cl)cc2NCC(=O)NCc2ccccc2Cl)cc1. The first-order valence-corrected chi connectivity index (χ1v) is 11.8. The molecule has 9 heteroatoms. The van der Waals surface area contributed by atoms with E-state index in [1.165, 1.54) is 24.3 Å². The molecule has 3 aromatic rings. The van der Waals surface area contributed by atoms with Gasteiger partial charge in [-0.1, -0.05) is 70.7 Å². The summed E-state index contributed by atoms with van der Waals surface area (Å²) in [6.45, 7) is 1.92. The first kappa shape index (κ1) is 23.4. The zero-order valence-electron chi connectivity index (χ0n) is 16.5. The lowest BCUT2D eigenvalue weighted by molar-refractivity contribution is -0.119. The highest BCUT2D eigenvalue weighted by Crippen LogP contribution is 2.36. The molecular weight excluding hydrogens is 479 g/mol. The molecule has 0 saturated heterocycles. The van der Waals surface area contributed by atoms with E-state index in [0.717, 1.165) is 11.1 Å². The van der Waals surface area contributed by atoms with Gasteiger partial charge in [0, 0.05) is 16.6 Å². The lowest BCUT2D eigenvalue weighted by atomic mass is 10.2. The summed E-state index contributed by atoms with van der Waals surface area (Å²) in [4.78, 5) is 12.3. The summed E-state index contributed by atoms with van der Waals surface area (Å²) in [6.07, 6.45) is 0. The van der Waals surface area contributed by atoms with Crippen LogP contribution in [0.3, 0.4) is 0 Å². The van der Waals surface area contributed by atoms with E-state index in [1.807, 2.05) is 13.0 Å². The predicted molar refractivity (Wildman–Crippen MR) is 125 cm³/mol. The normalized spacial score (nSPS) is 11.2. The number of amides is 1. The molecule has 3 aromatic carbocycles. The fourth-order valence-corrected chi connectivity index (χ4v) is 5.34. The Labute approximate surface area is 196 Å². The molecule has 0 heterocycles. The number of hydrogen-bond donors (Lipinski definition) is 2. The monoisotopic (exact) mass is 496 g/mol. The highest BCUT2D eigenvalue weighted by atomic mass is 35.5. The molecule has 2 N–H and O–H groups in total. The van der Waals surface area contributed by atoms with Crippen LogP contribution in [0.15, 0.2) is 70.5 Å². The Hall–Kier alpha value is -2.25. The Balaban J connectivity index is 1.81. The zero-order chi connectivity index (χ0) is 22.6. The summed E-state index contributed by atoms with van der Waals surface area (Å²) < 4.78 is 26.4. The maximum absolute atomic E-state index is 13.2. The van der Waals surface area contributed by atoms with Crippen LogP contribution in [-0.2, 0) is 21.2 Å². The van der Waals surface area contributed by atoms with Crippen LogP contribution < -0.4 is 10.6 Å². The molecule has 0 radical (unpaired) electrons. The van der Waals surface area contributed by atoms with Crippen molar-refractivity contribution in [2.75, 3.05) is 11.9 Å². The van der Waals surface area contributed by atoms with Gasteiger partial charge in [-0.05, 0) is 42.8 Å². The van der Waals surface area contributed by atoms with Crippen LogP contribution in [-0.4, -0.2) is 20.9 Å². The van der Waals surface area contributed by atoms with E-state index >= 15 is 0 Å². The fourth-order valence-electron chi connectivity index (χ4n) is 2.87. The first-order valence-electron chi connectivity index (χ1n) is 9.23. The van der Waals surface area contributed by atoms with Crippen molar-refractivity contribution in [3.05, 3.63) is 86.9 Å². The van der Waals surface area contributed by atoms with Crippen molar-refractivity contribution in [3.8, 4) is 0 Å². The number of benzene rings is 3. The van der Waals surface area contributed by atoms with Crippen molar-refractivity contribution < 1.29 is 13.2 Å². The number of rotatable bonds is 7. The standard InChI is InChI=1S/C22H19Cl3N2O3S/c1-14-6-8-17(9-7-14)31(29,30)22-19(25)10-16(23)11-20(22)26-13-21(28)27-12-15-4-2-3-5-18(15)24/h2-11,26H,12-13H2,1H3,(H,27,28). The third-order valence-corrected chi connectivity index (χ3v) is 7.35. The number of aryl methyl sites for hydroxylation is 1. The molecule has 5 nitrogen and oxygen atoms in total. The average molecular weight is 498 g/mol. The van der Waals surface area contributed by atoms with Gasteiger partial charge >= 0.3 is 0 Å². The summed E-state index contributed by atoms with van der Waals surface area (Å²) in [5.74, 6) is -0.352. The fraction of sp³-hybridized carbons (Fsp3) is 0.136. The van der Waals surface area contributed by atoms with Gasteiger partial charge in [0.25, 0.3) is 0 Å². The van der Waals surface area contributed by atoms with E-state index < -0.39 is 9.84 Å². The molecule has 0 aliphatic rings. The van der Waals surface area contributed by atoms with Crippen LogP contribution in [0.25, 0.3) is 0 Å². The topological polar surface area (TPSA) is 75.3 Å². The maximum Gasteiger partial charge on any atom is 0.239 e. The van der Waals surface area contributed by atoms with E-state index in [1.54, 1.807) is 30.3 Å². The van der Waals surface area contributed by atoms with Crippen LogP contribution in [0.2, 0.25) is 15.1 Å². The van der Waals surface area contributed by atoms with Crippen molar-refractivity contribution in [1.82, 2.24) is 5.32 Å². The minimum atomic E-state index is -3.94. The summed E-state index contributed by atoms with van der Waals surface area (Å²) in [7, 11) is -3.94. The number of carbonyl (C=O) groups is 1. The Morgan fingerprint density at radius 1 is 0.935 bits per heavy atom. The molecule has 1 amide bonds. The first-order chi connectivity index (χ1) is 14.7. The van der Waals surface area contributed by atoms with Gasteiger partial charge in [0.15, 0.2) is 0 Å². The number of halogens is 3. The molecular formula is C22H19Cl3N2O3S. The van der Waals surface area contributed by atoms with Crippen molar-refractivity contribution in [2.45, 2.75) is 23.3 Å². The van der Waals surface area contributed by atoms with E-state index in [2.05, 4.69) is 10.6 Å². The van der Waals surface area contributed by atoms with E-state index in [0.29, 0.717) is 5.02 Å². The van der Waals surface area contributed by atoms with Gasteiger partial charge in [0.1, 0.15) is 4.90 Å². The van der Waals surface area contributed by atoms with Crippen LogP contribution in [0, 0.1) is 6.92 Å². The van der Waals surface area contributed by atoms with Crippen molar-refractivity contribution >= 4 is 56.2 Å². The Morgan fingerprint density at radius 3 is 2.29 bits per heavy atom. The van der Waals surface area contributed by atoms with Crippen LogP contribution in [0.1, 0.15) is 11.1 Å². The molecule has 0 saturated carbocycles. The van der Waals surface area contributed by atoms with Gasteiger partial charge in [-0.25, -0.2) is 8.42 Å². The Morgan fingerprint density at radius 2 is 1.61 bits per heavy atom. The third-order valence-electron chi connectivity index (χ3n) is 4.48. The van der Waals surface area contributed by atoms with Gasteiger partial charge in [0.05, 0.1) is 22.2 Å². The second-order valence-corrected chi connectivity index (χ2v) is 9.94. The quantitative estimate of drug-likeness (QED) is 0.451. The molecule has 3 rings (SSSR count). The lowest BCUT2D eigenvalue weighted by Crippen LogP contribution is -2.29. The molecule has 0 atom stereocenters. The second kappa shape index (κ2) is 9.92. The van der Waals surface area contributed by atoms with Crippen LogP contribution in [0.4, 0.5) is 5.69 Å². The van der Waals surface area contributed by atoms with Crippen molar-refractivity contribution in [1.29, 1.82) is 0 Å². The number of anilines is 1. The molecule has 0 fully saturated rings. The summed E-state index contributed by atoms with van der Waals surface area (Å²) in [6, 6.07) is 16.4. The molecule has 0 aliphatic heterocycles. The van der Waals surface area contributed by atoms with Gasteiger partial charge in [-0.3, -0.25) is 4.79 Å². The number of hydrogen-bond acceptors (Lipinski definition) is 4. The van der Waals surface area contributed by atoms with Crippen molar-refractivity contribution in [2.24, 2.45) is 0 Å². The Kier molecular flexibility index (Phi) is 7.49.